The number of hydrogen-bond acceptors (Lipinski definition) is 6. The average Bonchev–Trinajstić information content (AvgIpc) is 2.85. The molecule has 1 saturated carbocycles. The summed E-state index contributed by atoms with van der Waals surface area (Å²) in [6.07, 6.45) is 3.14. The molecule has 0 aromatic carbocycles. The van der Waals surface area contributed by atoms with Gasteiger partial charge in [0.1, 0.15) is 5.54 Å². The number of carbonyl (C=O) groups is 1. The topological polar surface area (TPSA) is 78.8 Å². The number of ether oxygens (including phenoxy) is 1. The number of aliphatic hydroxyl groups is 2. The second kappa shape index (κ2) is 8.98. The Labute approximate surface area is 131 Å². The summed E-state index contributed by atoms with van der Waals surface area (Å²) in [5, 5.41) is 21.6. The van der Waals surface area contributed by atoms with Crippen LogP contribution in [0.1, 0.15) is 39.5 Å². The van der Waals surface area contributed by atoms with Crippen LogP contribution in [0.25, 0.3) is 0 Å². The van der Waals surface area contributed by atoms with Crippen molar-refractivity contribution in [3.8, 4) is 0 Å². The lowest BCUT2D eigenvalue weighted by atomic mass is 9.84. The molecule has 1 rings (SSSR count). The molecule has 1 aliphatic carbocycles. The van der Waals surface area contributed by atoms with Crippen LogP contribution < -0.4 is 5.32 Å². The lowest BCUT2D eigenvalue weighted by Gasteiger charge is -2.35. The van der Waals surface area contributed by atoms with E-state index in [4.69, 9.17) is 9.84 Å². The summed E-state index contributed by atoms with van der Waals surface area (Å²) in [5.41, 5.74) is -0.556. The van der Waals surface area contributed by atoms with Crippen molar-refractivity contribution in [2.45, 2.75) is 57.2 Å². The number of hydrogen-bond donors (Lipinski definition) is 3. The molecule has 5 nitrogen and oxygen atoms in total. The molecule has 0 aromatic rings. The Morgan fingerprint density at radius 3 is 2.81 bits per heavy atom. The van der Waals surface area contributed by atoms with Crippen LogP contribution in [0.5, 0.6) is 0 Å². The molecule has 1 fully saturated rings. The summed E-state index contributed by atoms with van der Waals surface area (Å²) in [4.78, 5) is 12.3. The molecule has 21 heavy (non-hydrogen) atoms. The quantitative estimate of drug-likeness (QED) is 0.437. The third-order valence-electron chi connectivity index (χ3n) is 4.05. The molecule has 0 spiro atoms. The molecule has 124 valence electrons. The van der Waals surface area contributed by atoms with E-state index in [-0.39, 0.29) is 24.5 Å². The van der Waals surface area contributed by atoms with Gasteiger partial charge in [0.05, 0.1) is 19.8 Å². The van der Waals surface area contributed by atoms with Crippen molar-refractivity contribution in [2.75, 3.05) is 25.2 Å². The Morgan fingerprint density at radius 2 is 2.24 bits per heavy atom. The summed E-state index contributed by atoms with van der Waals surface area (Å²) in [6, 6.07) is 0.230. The first-order chi connectivity index (χ1) is 9.96. The van der Waals surface area contributed by atoms with Crippen LogP contribution in [-0.4, -0.2) is 59.1 Å². The van der Waals surface area contributed by atoms with Crippen molar-refractivity contribution >= 4 is 17.7 Å². The van der Waals surface area contributed by atoms with Crippen molar-refractivity contribution in [3.63, 3.8) is 0 Å². The van der Waals surface area contributed by atoms with Gasteiger partial charge in [-0.05, 0) is 44.8 Å². The highest BCUT2D eigenvalue weighted by Gasteiger charge is 2.49. The van der Waals surface area contributed by atoms with Gasteiger partial charge < -0.3 is 14.9 Å². The smallest absolute Gasteiger partial charge is 0.326 e. The van der Waals surface area contributed by atoms with E-state index in [1.54, 1.807) is 11.8 Å². The Bertz CT molecular complexity index is 327. The van der Waals surface area contributed by atoms with Gasteiger partial charge in [-0.1, -0.05) is 6.42 Å². The van der Waals surface area contributed by atoms with Gasteiger partial charge in [-0.25, -0.2) is 0 Å². The lowest BCUT2D eigenvalue weighted by Crippen LogP contribution is -2.57. The third-order valence-corrected chi connectivity index (χ3v) is 5.19. The second-order valence-electron chi connectivity index (χ2n) is 6.05. The zero-order valence-electron chi connectivity index (χ0n) is 13.3. The number of esters is 1. The van der Waals surface area contributed by atoms with Crippen LogP contribution in [-0.2, 0) is 9.53 Å². The number of aliphatic hydroxyl groups excluding tert-OH is 2. The van der Waals surface area contributed by atoms with Crippen LogP contribution in [0.2, 0.25) is 0 Å². The van der Waals surface area contributed by atoms with E-state index in [1.807, 2.05) is 13.8 Å². The fourth-order valence-electron chi connectivity index (χ4n) is 3.18. The molecule has 0 radical (unpaired) electrons. The van der Waals surface area contributed by atoms with Gasteiger partial charge in [-0.15, -0.1) is 0 Å². The Morgan fingerprint density at radius 1 is 1.52 bits per heavy atom. The average molecular weight is 319 g/mol. The van der Waals surface area contributed by atoms with Crippen LogP contribution >= 0.6 is 11.8 Å². The van der Waals surface area contributed by atoms with Crippen LogP contribution in [0.3, 0.4) is 0 Å². The van der Waals surface area contributed by atoms with Gasteiger partial charge in [0.25, 0.3) is 0 Å². The highest BCUT2D eigenvalue weighted by molar-refractivity contribution is 7.99. The van der Waals surface area contributed by atoms with E-state index in [2.05, 4.69) is 5.32 Å². The second-order valence-corrected chi connectivity index (χ2v) is 7.20. The first kappa shape index (κ1) is 18.7. The maximum absolute atomic E-state index is 12.3. The van der Waals surface area contributed by atoms with Crippen molar-refractivity contribution in [1.29, 1.82) is 0 Å². The standard InChI is InChI=1S/C15H29NO4S/c1-11(2)16-15(14(19)20-3)7-4-5-12(15)6-8-21-10-13(18)9-17/h11-13,16-18H,4-10H2,1-3H3. The molecule has 3 unspecified atom stereocenters. The predicted octanol–water partition coefficient (Wildman–Crippen LogP) is 1.17. The highest BCUT2D eigenvalue weighted by atomic mass is 32.2. The molecule has 0 aromatic heterocycles. The van der Waals surface area contributed by atoms with Crippen LogP contribution in [0.15, 0.2) is 0 Å². The van der Waals surface area contributed by atoms with Gasteiger partial charge in [0.2, 0.25) is 0 Å². The van der Waals surface area contributed by atoms with E-state index in [1.165, 1.54) is 7.11 Å². The van der Waals surface area contributed by atoms with E-state index < -0.39 is 11.6 Å². The molecule has 3 N–H and O–H groups in total. The molecule has 3 atom stereocenters. The fraction of sp³-hybridized carbons (Fsp3) is 0.933. The van der Waals surface area contributed by atoms with E-state index in [0.29, 0.717) is 5.75 Å². The number of methoxy groups -OCH3 is 1. The Balaban J connectivity index is 2.59. The minimum Gasteiger partial charge on any atom is -0.468 e. The molecule has 0 saturated heterocycles. The lowest BCUT2D eigenvalue weighted by molar-refractivity contribution is -0.150. The molecule has 0 bridgehead atoms. The Hall–Kier alpha value is -0.300. The van der Waals surface area contributed by atoms with Crippen LogP contribution in [0, 0.1) is 5.92 Å². The number of carbonyl (C=O) groups excluding carboxylic acids is 1. The third kappa shape index (κ3) is 5.13. The minimum atomic E-state index is -0.655. The van der Waals surface area contributed by atoms with Crippen LogP contribution in [0.4, 0.5) is 0 Å². The van der Waals surface area contributed by atoms with E-state index >= 15 is 0 Å². The molecule has 6 heteroatoms. The first-order valence-corrected chi connectivity index (χ1v) is 8.84. The zero-order valence-corrected chi connectivity index (χ0v) is 14.1. The summed E-state index contributed by atoms with van der Waals surface area (Å²) in [6.45, 7) is 3.90. The molecular formula is C15H29NO4S. The number of rotatable bonds is 9. The molecule has 0 aliphatic heterocycles. The van der Waals surface area contributed by atoms with E-state index in [9.17, 15) is 9.90 Å². The summed E-state index contributed by atoms with van der Waals surface area (Å²) >= 11 is 1.62. The normalized spacial score (nSPS) is 27.0. The Kier molecular flexibility index (Phi) is 8.02. The van der Waals surface area contributed by atoms with Crippen molar-refractivity contribution < 1.29 is 19.7 Å². The number of thioether (sulfide) groups is 1. The zero-order chi connectivity index (χ0) is 15.9. The largest absolute Gasteiger partial charge is 0.468 e. The van der Waals surface area contributed by atoms with Crippen molar-refractivity contribution in [2.24, 2.45) is 5.92 Å². The number of nitrogens with one attached hydrogen (secondary N) is 1. The van der Waals surface area contributed by atoms with Crippen molar-refractivity contribution in [3.05, 3.63) is 0 Å². The minimum absolute atomic E-state index is 0.154. The first-order valence-electron chi connectivity index (χ1n) is 7.69. The summed E-state index contributed by atoms with van der Waals surface area (Å²) in [7, 11) is 1.45. The molecule has 0 heterocycles. The maximum atomic E-state index is 12.3. The SMILES string of the molecule is COC(=O)C1(NC(C)C)CCCC1CCSCC(O)CO. The predicted molar refractivity (Wildman–Crippen MR) is 85.4 cm³/mol. The molecule has 0 amide bonds. The van der Waals surface area contributed by atoms with Gasteiger partial charge in [-0.2, -0.15) is 11.8 Å². The van der Waals surface area contributed by atoms with Gasteiger partial charge in [0.15, 0.2) is 0 Å². The van der Waals surface area contributed by atoms with Gasteiger partial charge in [-0.3, -0.25) is 10.1 Å². The highest BCUT2D eigenvalue weighted by Crippen LogP contribution is 2.40. The van der Waals surface area contributed by atoms with E-state index in [0.717, 1.165) is 31.4 Å². The monoisotopic (exact) mass is 319 g/mol. The maximum Gasteiger partial charge on any atom is 0.326 e. The molecule has 1 aliphatic rings. The summed E-state index contributed by atoms with van der Waals surface area (Å²) in [5.74, 6) is 1.52. The van der Waals surface area contributed by atoms with Gasteiger partial charge >= 0.3 is 5.97 Å². The van der Waals surface area contributed by atoms with Crippen molar-refractivity contribution in [1.82, 2.24) is 5.32 Å². The van der Waals surface area contributed by atoms with Gasteiger partial charge in [0, 0.05) is 11.8 Å². The fourth-order valence-corrected chi connectivity index (χ4v) is 4.18. The summed E-state index contributed by atoms with van der Waals surface area (Å²) < 4.78 is 5.05. The molecular weight excluding hydrogens is 290 g/mol.